The molecule has 0 bridgehead atoms. The quantitative estimate of drug-likeness (QED) is 0.183. The van der Waals surface area contributed by atoms with Crippen molar-refractivity contribution in [2.75, 3.05) is 0 Å². The smallest absolute Gasteiger partial charge is 0.220 e. The molecule has 4 heterocycles. The molecule has 0 N–H and O–H groups in total. The van der Waals surface area contributed by atoms with Crippen LogP contribution in [-0.2, 0) is 5.41 Å². The molecule has 0 atom stereocenters. The highest BCUT2D eigenvalue weighted by atomic mass is 16.5. The van der Waals surface area contributed by atoms with Crippen LogP contribution in [-0.4, -0.2) is 23.5 Å². The lowest BCUT2D eigenvalue weighted by atomic mass is 9.88. The van der Waals surface area contributed by atoms with Crippen molar-refractivity contribution in [3.8, 4) is 34.1 Å². The Morgan fingerprint density at radius 2 is 1.29 bits per heavy atom. The van der Waals surface area contributed by atoms with E-state index in [4.69, 9.17) is 14.7 Å². The molecular weight excluding hydrogens is 639 g/mol. The summed E-state index contributed by atoms with van der Waals surface area (Å²) in [5.41, 5.74) is 10.9. The van der Waals surface area contributed by atoms with Gasteiger partial charge in [-0.2, -0.15) is 0 Å². The molecule has 6 aromatic carbocycles. The fourth-order valence-electron chi connectivity index (χ4n) is 7.63. The van der Waals surface area contributed by atoms with Gasteiger partial charge in [0.05, 0.1) is 38.8 Å². The monoisotopic (exact) mass is 673 g/mol. The maximum atomic E-state index is 6.71. The molecule has 0 radical (unpaired) electrons. The summed E-state index contributed by atoms with van der Waals surface area (Å²) in [5, 5.41) is 2.33. The summed E-state index contributed by atoms with van der Waals surface area (Å²) in [7, 11) is 0. The van der Waals surface area contributed by atoms with Gasteiger partial charge in [0.15, 0.2) is 0 Å². The van der Waals surface area contributed by atoms with Crippen LogP contribution in [0, 0.1) is 0 Å². The lowest BCUT2D eigenvalue weighted by Crippen LogP contribution is -2.12. The van der Waals surface area contributed by atoms with Gasteiger partial charge in [0.2, 0.25) is 5.78 Å². The molecule has 0 amide bonds. The molecule has 0 spiro atoms. The van der Waals surface area contributed by atoms with Crippen molar-refractivity contribution in [1.82, 2.24) is 23.5 Å². The first-order chi connectivity index (χ1) is 25.4. The molecule has 250 valence electrons. The highest BCUT2D eigenvalue weighted by molar-refractivity contribution is 6.09. The molecule has 0 aliphatic carbocycles. The Labute approximate surface area is 300 Å². The second-order valence-electron chi connectivity index (χ2n) is 14.4. The van der Waals surface area contributed by atoms with Crippen LogP contribution in [0.1, 0.15) is 26.3 Å². The van der Waals surface area contributed by atoms with Gasteiger partial charge in [0, 0.05) is 34.7 Å². The topological polar surface area (TPSA) is 49.3 Å². The lowest BCUT2D eigenvalue weighted by Gasteiger charge is -2.20. The van der Waals surface area contributed by atoms with Gasteiger partial charge in [-0.05, 0) is 77.2 Å². The fraction of sp³-hybridized carbons (Fsp3) is 0.0870. The summed E-state index contributed by atoms with van der Waals surface area (Å²) in [6.45, 7) is 6.70. The number of fused-ring (bicyclic) bond motifs is 8. The van der Waals surface area contributed by atoms with E-state index in [1.807, 2.05) is 18.3 Å². The minimum absolute atomic E-state index is 0.00264. The lowest BCUT2D eigenvalue weighted by molar-refractivity contribution is 0.483. The first-order valence-electron chi connectivity index (χ1n) is 17.7. The molecule has 10 rings (SSSR count). The number of benzene rings is 6. The number of hydrogen-bond acceptors (Lipinski definition) is 3. The van der Waals surface area contributed by atoms with Crippen LogP contribution in [0.3, 0.4) is 0 Å². The molecule has 0 fully saturated rings. The van der Waals surface area contributed by atoms with E-state index < -0.39 is 0 Å². The number of ether oxygens (including phenoxy) is 1. The van der Waals surface area contributed by atoms with Crippen LogP contribution in [0.4, 0.5) is 0 Å². The van der Waals surface area contributed by atoms with Crippen LogP contribution in [0.25, 0.3) is 72.3 Å². The number of hydrogen-bond donors (Lipinski definition) is 0. The van der Waals surface area contributed by atoms with Crippen molar-refractivity contribution in [2.24, 2.45) is 0 Å². The number of para-hydroxylation sites is 4. The van der Waals surface area contributed by atoms with Gasteiger partial charge >= 0.3 is 0 Å². The molecule has 4 aromatic heterocycles. The van der Waals surface area contributed by atoms with Gasteiger partial charge in [0.25, 0.3) is 0 Å². The predicted octanol–water partition coefficient (Wildman–Crippen LogP) is 11.7. The SMILES string of the molecule is CC(C)(C)c1ccnc(-n2c3ccccc3c3ccc(Oc4cccc(-n5c6c(-c7ccccc7)cccc6n6c7ccccc7nc56)c4)cc32)c1. The minimum Gasteiger partial charge on any atom is -0.457 e. The summed E-state index contributed by atoms with van der Waals surface area (Å²) >= 11 is 0. The van der Waals surface area contributed by atoms with Gasteiger partial charge in [-0.25, -0.2) is 9.97 Å². The maximum Gasteiger partial charge on any atom is 0.220 e. The zero-order chi connectivity index (χ0) is 35.0. The van der Waals surface area contributed by atoms with E-state index in [1.54, 1.807) is 0 Å². The average Bonchev–Trinajstić information content (AvgIpc) is 3.82. The molecule has 6 heteroatoms. The highest BCUT2D eigenvalue weighted by Crippen LogP contribution is 2.38. The Balaban J connectivity index is 1.13. The molecule has 0 aliphatic heterocycles. The van der Waals surface area contributed by atoms with Crippen molar-refractivity contribution < 1.29 is 4.74 Å². The second kappa shape index (κ2) is 11.4. The number of rotatable bonds is 5. The summed E-state index contributed by atoms with van der Waals surface area (Å²) in [6.07, 6.45) is 1.91. The van der Waals surface area contributed by atoms with Crippen molar-refractivity contribution in [2.45, 2.75) is 26.2 Å². The van der Waals surface area contributed by atoms with E-state index in [1.165, 1.54) is 10.9 Å². The first-order valence-corrected chi connectivity index (χ1v) is 17.7. The van der Waals surface area contributed by atoms with Crippen molar-refractivity contribution in [3.63, 3.8) is 0 Å². The summed E-state index contributed by atoms with van der Waals surface area (Å²) in [5.74, 6) is 3.23. The third kappa shape index (κ3) is 4.72. The number of pyridine rings is 1. The number of imidazole rings is 2. The van der Waals surface area contributed by atoms with Crippen LogP contribution in [0.2, 0.25) is 0 Å². The van der Waals surface area contributed by atoms with Crippen LogP contribution in [0.15, 0.2) is 158 Å². The third-order valence-corrected chi connectivity index (χ3v) is 10.1. The minimum atomic E-state index is -0.00264. The number of aromatic nitrogens is 5. The molecular formula is C46H35N5O. The van der Waals surface area contributed by atoms with E-state index in [0.29, 0.717) is 0 Å². The normalized spacial score (nSPS) is 12.1. The zero-order valence-corrected chi connectivity index (χ0v) is 29.2. The van der Waals surface area contributed by atoms with Crippen molar-refractivity contribution in [1.29, 1.82) is 0 Å². The number of nitrogens with zero attached hydrogens (tertiary/aromatic N) is 5. The van der Waals surface area contributed by atoms with E-state index in [2.05, 4.69) is 174 Å². The first kappa shape index (κ1) is 30.2. The van der Waals surface area contributed by atoms with E-state index in [-0.39, 0.29) is 5.41 Å². The molecule has 10 aromatic rings. The molecule has 6 nitrogen and oxygen atoms in total. The van der Waals surface area contributed by atoms with Gasteiger partial charge < -0.3 is 4.74 Å². The van der Waals surface area contributed by atoms with Gasteiger partial charge in [-0.15, -0.1) is 0 Å². The molecule has 0 unspecified atom stereocenters. The Bertz CT molecular complexity index is 2980. The van der Waals surface area contributed by atoms with Crippen LogP contribution in [0.5, 0.6) is 11.5 Å². The van der Waals surface area contributed by atoms with Crippen LogP contribution >= 0.6 is 0 Å². The fourth-order valence-corrected chi connectivity index (χ4v) is 7.63. The van der Waals surface area contributed by atoms with E-state index >= 15 is 0 Å². The standard InChI is InChI=1S/C46H35N5O/c1-46(2,3)31-25-26-47-43(27-31)50-39-20-9-7-17-36(39)37-24-23-34(29-42(37)50)52-33-16-11-15-32(28-33)49-44-35(30-13-5-4-6-14-30)18-12-22-41(44)51-40-21-10-8-19-38(40)48-45(49)51/h4-29H,1-3H3. The summed E-state index contributed by atoms with van der Waals surface area (Å²) in [4.78, 5) is 10.0. The molecule has 52 heavy (non-hydrogen) atoms. The van der Waals surface area contributed by atoms with Gasteiger partial charge in [-0.1, -0.05) is 99.6 Å². The zero-order valence-electron chi connectivity index (χ0n) is 29.2. The van der Waals surface area contributed by atoms with E-state index in [0.717, 1.165) is 78.4 Å². The predicted molar refractivity (Wildman–Crippen MR) is 212 cm³/mol. The van der Waals surface area contributed by atoms with E-state index in [9.17, 15) is 0 Å². The van der Waals surface area contributed by atoms with Gasteiger partial charge in [-0.3, -0.25) is 13.5 Å². The summed E-state index contributed by atoms with van der Waals surface area (Å²) < 4.78 is 13.5. The second-order valence-corrected chi connectivity index (χ2v) is 14.4. The van der Waals surface area contributed by atoms with Crippen molar-refractivity contribution in [3.05, 3.63) is 163 Å². The maximum absolute atomic E-state index is 6.71. The van der Waals surface area contributed by atoms with Crippen LogP contribution < -0.4 is 4.74 Å². The Hall–Kier alpha value is -6.66. The molecule has 0 aliphatic rings. The molecule has 0 saturated carbocycles. The average molecular weight is 674 g/mol. The molecule has 0 saturated heterocycles. The highest BCUT2D eigenvalue weighted by Gasteiger charge is 2.21. The Morgan fingerprint density at radius 3 is 2.15 bits per heavy atom. The summed E-state index contributed by atoms with van der Waals surface area (Å²) in [6, 6.07) is 52.9. The third-order valence-electron chi connectivity index (χ3n) is 10.1. The van der Waals surface area contributed by atoms with Crippen molar-refractivity contribution >= 4 is 49.7 Å². The van der Waals surface area contributed by atoms with Gasteiger partial charge in [0.1, 0.15) is 17.3 Å². The largest absolute Gasteiger partial charge is 0.457 e. The Kier molecular flexibility index (Phi) is 6.64. The Morgan fingerprint density at radius 1 is 0.558 bits per heavy atom.